The zero-order chi connectivity index (χ0) is 8.97. The molecule has 0 aliphatic rings. The fraction of sp³-hybridized carbons (Fsp3) is 0.444. The molecular weight excluding hydrogens is 190 g/mol. The van der Waals surface area contributed by atoms with Crippen LogP contribution in [0, 0.1) is 6.92 Å². The third-order valence-corrected chi connectivity index (χ3v) is 2.80. The van der Waals surface area contributed by atoms with Crippen LogP contribution in [0.4, 0.5) is 0 Å². The van der Waals surface area contributed by atoms with Gasteiger partial charge in [0.05, 0.1) is 0 Å². The van der Waals surface area contributed by atoms with Crippen LogP contribution in [0.15, 0.2) is 11.8 Å². The van der Waals surface area contributed by atoms with E-state index in [9.17, 15) is 0 Å². The summed E-state index contributed by atoms with van der Waals surface area (Å²) in [6.45, 7) is 4.16. The minimum Gasteiger partial charge on any atom is -0.245 e. The molecule has 0 saturated carbocycles. The van der Waals surface area contributed by atoms with Gasteiger partial charge in [0.25, 0.3) is 0 Å². The Labute approximate surface area is 82.1 Å². The summed E-state index contributed by atoms with van der Waals surface area (Å²) in [5, 5.41) is 1.06. The molecule has 0 N–H and O–H groups in total. The first-order valence-electron chi connectivity index (χ1n) is 3.94. The number of aryl methyl sites for hydroxylation is 1. The van der Waals surface area contributed by atoms with Gasteiger partial charge in [0.1, 0.15) is 5.01 Å². The van der Waals surface area contributed by atoms with Crippen LogP contribution in [-0.4, -0.2) is 10.9 Å². The van der Waals surface area contributed by atoms with Gasteiger partial charge in [0.2, 0.25) is 0 Å². The molecule has 0 aliphatic carbocycles. The van der Waals surface area contributed by atoms with Gasteiger partial charge in [-0.3, -0.25) is 0 Å². The van der Waals surface area contributed by atoms with E-state index in [4.69, 9.17) is 11.6 Å². The van der Waals surface area contributed by atoms with E-state index in [-0.39, 0.29) is 0 Å². The molecule has 66 valence electrons. The van der Waals surface area contributed by atoms with Crippen molar-refractivity contribution in [1.82, 2.24) is 4.98 Å². The number of halogens is 1. The average Bonchev–Trinajstić information content (AvgIpc) is 2.47. The Morgan fingerprint density at radius 1 is 1.75 bits per heavy atom. The van der Waals surface area contributed by atoms with E-state index in [2.05, 4.69) is 24.9 Å². The van der Waals surface area contributed by atoms with E-state index >= 15 is 0 Å². The molecule has 0 aromatic carbocycles. The van der Waals surface area contributed by atoms with Crippen molar-refractivity contribution in [3.05, 3.63) is 21.7 Å². The van der Waals surface area contributed by atoms with Crippen LogP contribution < -0.4 is 0 Å². The lowest BCUT2D eigenvalue weighted by molar-refractivity contribution is 1.12. The minimum atomic E-state index is 0.606. The molecule has 0 radical (unpaired) electrons. The number of alkyl halides is 1. The highest BCUT2D eigenvalue weighted by molar-refractivity contribution is 7.12. The zero-order valence-corrected chi connectivity index (χ0v) is 8.87. The molecule has 1 heterocycles. The average molecular weight is 202 g/mol. The molecule has 0 unspecified atom stereocenters. The maximum atomic E-state index is 5.73. The highest BCUT2D eigenvalue weighted by atomic mass is 35.5. The van der Waals surface area contributed by atoms with Crippen LogP contribution in [0.3, 0.4) is 0 Å². The van der Waals surface area contributed by atoms with Crippen LogP contribution in [-0.2, 0) is 0 Å². The van der Waals surface area contributed by atoms with Gasteiger partial charge in [-0.2, -0.15) is 0 Å². The largest absolute Gasteiger partial charge is 0.245 e. The van der Waals surface area contributed by atoms with Crippen molar-refractivity contribution in [1.29, 1.82) is 0 Å². The summed E-state index contributed by atoms with van der Waals surface area (Å²) in [6.07, 6.45) is 4.96. The van der Waals surface area contributed by atoms with Gasteiger partial charge in [-0.25, -0.2) is 4.98 Å². The Hall–Kier alpha value is -0.340. The Balaban J connectivity index is 2.78. The van der Waals surface area contributed by atoms with Gasteiger partial charge in [-0.1, -0.05) is 12.5 Å². The predicted octanol–water partition coefficient (Wildman–Crippen LogP) is 3.48. The Kier molecular flexibility index (Phi) is 3.76. The highest BCUT2D eigenvalue weighted by Gasteiger charge is 1.96. The van der Waals surface area contributed by atoms with Crippen molar-refractivity contribution in [3.63, 3.8) is 0 Å². The molecule has 0 bridgehead atoms. The van der Waals surface area contributed by atoms with Crippen molar-refractivity contribution in [2.75, 3.05) is 5.88 Å². The minimum absolute atomic E-state index is 0.606. The highest BCUT2D eigenvalue weighted by Crippen LogP contribution is 2.16. The molecule has 0 saturated heterocycles. The first-order valence-corrected chi connectivity index (χ1v) is 5.29. The van der Waals surface area contributed by atoms with E-state index in [1.165, 1.54) is 10.5 Å². The number of nitrogens with zero attached hydrogens (tertiary/aromatic N) is 1. The lowest BCUT2D eigenvalue weighted by Gasteiger charge is -1.94. The lowest BCUT2D eigenvalue weighted by atomic mass is 10.2. The smallest absolute Gasteiger partial charge is 0.116 e. The maximum absolute atomic E-state index is 5.73. The second-order valence-corrected chi connectivity index (χ2v) is 4.13. The summed E-state index contributed by atoms with van der Waals surface area (Å²) >= 11 is 7.43. The normalized spacial score (nSPS) is 12.1. The van der Waals surface area contributed by atoms with Gasteiger partial charge in [0, 0.05) is 17.0 Å². The molecule has 0 fully saturated rings. The van der Waals surface area contributed by atoms with Crippen molar-refractivity contribution >= 4 is 29.0 Å². The zero-order valence-electron chi connectivity index (χ0n) is 7.30. The van der Waals surface area contributed by atoms with Gasteiger partial charge in [-0.15, -0.1) is 22.9 Å². The van der Waals surface area contributed by atoms with Crippen LogP contribution >= 0.6 is 22.9 Å². The summed E-state index contributed by atoms with van der Waals surface area (Å²) in [4.78, 5) is 5.48. The molecular formula is C9H12ClNS. The van der Waals surface area contributed by atoms with Gasteiger partial charge in [-0.05, 0) is 19.4 Å². The third kappa shape index (κ3) is 2.61. The second kappa shape index (κ2) is 4.63. The Morgan fingerprint density at radius 3 is 2.92 bits per heavy atom. The van der Waals surface area contributed by atoms with E-state index in [0.29, 0.717) is 5.88 Å². The maximum Gasteiger partial charge on any atom is 0.116 e. The summed E-state index contributed by atoms with van der Waals surface area (Å²) in [7, 11) is 0. The Morgan fingerprint density at radius 2 is 2.50 bits per heavy atom. The number of aromatic nitrogens is 1. The number of allylic oxidation sites excluding steroid dienone is 1. The molecule has 12 heavy (non-hydrogen) atoms. The molecule has 3 heteroatoms. The van der Waals surface area contributed by atoms with Gasteiger partial charge in [0.15, 0.2) is 0 Å². The van der Waals surface area contributed by atoms with E-state index in [1.807, 2.05) is 6.20 Å². The van der Waals surface area contributed by atoms with Crippen molar-refractivity contribution in [3.8, 4) is 0 Å². The fourth-order valence-electron chi connectivity index (χ4n) is 0.849. The molecule has 0 aliphatic heterocycles. The molecule has 1 rings (SSSR count). The van der Waals surface area contributed by atoms with E-state index < -0.39 is 0 Å². The monoisotopic (exact) mass is 201 g/mol. The number of thiazole rings is 1. The quantitative estimate of drug-likeness (QED) is 0.683. The van der Waals surface area contributed by atoms with Crippen molar-refractivity contribution in [2.24, 2.45) is 0 Å². The molecule has 1 nitrogen and oxygen atoms in total. The first-order chi connectivity index (χ1) is 5.76. The Bertz CT molecular complexity index is 272. The van der Waals surface area contributed by atoms with E-state index in [1.54, 1.807) is 11.3 Å². The van der Waals surface area contributed by atoms with Crippen LogP contribution in [0.2, 0.25) is 0 Å². The second-order valence-electron chi connectivity index (χ2n) is 2.60. The summed E-state index contributed by atoms with van der Waals surface area (Å²) in [5.74, 6) is 0.606. The van der Waals surface area contributed by atoms with Crippen LogP contribution in [0.1, 0.15) is 23.2 Å². The molecule has 0 amide bonds. The summed E-state index contributed by atoms with van der Waals surface area (Å²) < 4.78 is 0. The standard InChI is InChI=1S/C9H12ClNS/c1-3-8(5-10)4-9-11-6-7(2)12-9/h4,6H,3,5H2,1-2H3/b8-4-. The van der Waals surface area contributed by atoms with Crippen molar-refractivity contribution < 1.29 is 0 Å². The molecule has 0 atom stereocenters. The number of hydrogen-bond acceptors (Lipinski definition) is 2. The lowest BCUT2D eigenvalue weighted by Crippen LogP contribution is -1.81. The summed E-state index contributed by atoms with van der Waals surface area (Å²) in [6, 6.07) is 0. The topological polar surface area (TPSA) is 12.9 Å². The SMILES string of the molecule is CC/C(=C/c1ncc(C)s1)CCl. The molecule has 0 spiro atoms. The predicted molar refractivity (Wildman–Crippen MR) is 55.8 cm³/mol. The van der Waals surface area contributed by atoms with E-state index in [0.717, 1.165) is 11.4 Å². The number of rotatable bonds is 3. The first kappa shape index (κ1) is 9.75. The third-order valence-electron chi connectivity index (χ3n) is 1.59. The number of hydrogen-bond donors (Lipinski definition) is 0. The molecule has 1 aromatic heterocycles. The van der Waals surface area contributed by atoms with Crippen LogP contribution in [0.5, 0.6) is 0 Å². The fourth-order valence-corrected chi connectivity index (χ4v) is 1.88. The van der Waals surface area contributed by atoms with Crippen LogP contribution in [0.25, 0.3) is 6.08 Å². The molecule has 1 aromatic rings. The summed E-state index contributed by atoms with van der Waals surface area (Å²) in [5.41, 5.74) is 1.24. The van der Waals surface area contributed by atoms with Gasteiger partial charge < -0.3 is 0 Å². The van der Waals surface area contributed by atoms with Gasteiger partial charge >= 0.3 is 0 Å². The van der Waals surface area contributed by atoms with Crippen molar-refractivity contribution in [2.45, 2.75) is 20.3 Å².